The zero-order chi connectivity index (χ0) is 11.3. The quantitative estimate of drug-likeness (QED) is 0.548. The Morgan fingerprint density at radius 1 is 1.80 bits per heavy atom. The number of aromatic nitrogens is 2. The van der Waals surface area contributed by atoms with Crippen LogP contribution in [0.2, 0.25) is 0 Å². The van der Waals surface area contributed by atoms with Crippen LogP contribution < -0.4 is 0 Å². The number of esters is 1. The maximum Gasteiger partial charge on any atom is 0.341 e. The van der Waals surface area contributed by atoms with E-state index >= 15 is 0 Å². The van der Waals surface area contributed by atoms with E-state index in [1.807, 2.05) is 13.0 Å². The molecule has 0 amide bonds. The standard InChI is InChI=1S/C11H16N2O2/c1-4-5-6-9(2)15-11(14)10-7-12-13(3)8-10/h4,7-9H,1,5-6H2,2-3H3/t9-/m1/s1. The fourth-order valence-corrected chi connectivity index (χ4v) is 1.19. The summed E-state index contributed by atoms with van der Waals surface area (Å²) in [6.45, 7) is 5.49. The fraction of sp³-hybridized carbons (Fsp3) is 0.455. The summed E-state index contributed by atoms with van der Waals surface area (Å²) < 4.78 is 6.79. The highest BCUT2D eigenvalue weighted by Gasteiger charge is 2.12. The van der Waals surface area contributed by atoms with E-state index in [1.54, 1.807) is 17.9 Å². The number of hydrogen-bond acceptors (Lipinski definition) is 3. The van der Waals surface area contributed by atoms with Crippen LogP contribution in [0.4, 0.5) is 0 Å². The molecule has 1 aromatic heterocycles. The molecular weight excluding hydrogens is 192 g/mol. The lowest BCUT2D eigenvalue weighted by molar-refractivity contribution is 0.0326. The van der Waals surface area contributed by atoms with E-state index in [2.05, 4.69) is 11.7 Å². The van der Waals surface area contributed by atoms with Crippen LogP contribution in [0.25, 0.3) is 0 Å². The van der Waals surface area contributed by atoms with Gasteiger partial charge in [0.05, 0.1) is 17.9 Å². The van der Waals surface area contributed by atoms with Gasteiger partial charge < -0.3 is 4.74 Å². The third-order valence-electron chi connectivity index (χ3n) is 2.03. The summed E-state index contributed by atoms with van der Waals surface area (Å²) in [4.78, 5) is 11.5. The van der Waals surface area contributed by atoms with E-state index < -0.39 is 0 Å². The third kappa shape index (κ3) is 3.58. The number of carbonyl (C=O) groups is 1. The Kier molecular flexibility index (Phi) is 4.09. The average Bonchev–Trinajstić information content (AvgIpc) is 2.61. The molecular formula is C11H16N2O2. The van der Waals surface area contributed by atoms with Crippen molar-refractivity contribution in [2.45, 2.75) is 25.9 Å². The topological polar surface area (TPSA) is 44.1 Å². The highest BCUT2D eigenvalue weighted by molar-refractivity contribution is 5.88. The normalized spacial score (nSPS) is 12.1. The van der Waals surface area contributed by atoms with Crippen LogP contribution in [0.15, 0.2) is 25.0 Å². The average molecular weight is 208 g/mol. The number of hydrogen-bond donors (Lipinski definition) is 0. The lowest BCUT2D eigenvalue weighted by Gasteiger charge is -2.10. The number of nitrogens with zero attached hydrogens (tertiary/aromatic N) is 2. The predicted octanol–water partition coefficient (Wildman–Crippen LogP) is 1.93. The van der Waals surface area contributed by atoms with Crippen molar-refractivity contribution in [3.05, 3.63) is 30.6 Å². The van der Waals surface area contributed by atoms with Crippen molar-refractivity contribution in [3.8, 4) is 0 Å². The molecule has 15 heavy (non-hydrogen) atoms. The Morgan fingerprint density at radius 2 is 2.53 bits per heavy atom. The van der Waals surface area contributed by atoms with Crippen LogP contribution in [0.1, 0.15) is 30.1 Å². The van der Waals surface area contributed by atoms with Gasteiger partial charge in [-0.1, -0.05) is 6.08 Å². The van der Waals surface area contributed by atoms with Gasteiger partial charge >= 0.3 is 5.97 Å². The van der Waals surface area contributed by atoms with Gasteiger partial charge in [-0.2, -0.15) is 5.10 Å². The largest absolute Gasteiger partial charge is 0.459 e. The van der Waals surface area contributed by atoms with E-state index in [4.69, 9.17) is 4.74 Å². The van der Waals surface area contributed by atoms with Gasteiger partial charge in [0.25, 0.3) is 0 Å². The molecule has 1 atom stereocenters. The van der Waals surface area contributed by atoms with Crippen molar-refractivity contribution >= 4 is 5.97 Å². The van der Waals surface area contributed by atoms with Crippen LogP contribution in [0.5, 0.6) is 0 Å². The molecule has 0 unspecified atom stereocenters. The van der Waals surface area contributed by atoms with Gasteiger partial charge in [0, 0.05) is 13.2 Å². The summed E-state index contributed by atoms with van der Waals surface area (Å²) in [5.74, 6) is -0.320. The van der Waals surface area contributed by atoms with Gasteiger partial charge in [-0.3, -0.25) is 4.68 Å². The first-order chi connectivity index (χ1) is 7.13. The molecule has 4 heteroatoms. The molecule has 0 saturated heterocycles. The minimum atomic E-state index is -0.320. The molecule has 0 aliphatic carbocycles. The summed E-state index contributed by atoms with van der Waals surface area (Å²) in [7, 11) is 1.76. The van der Waals surface area contributed by atoms with E-state index in [0.717, 1.165) is 12.8 Å². The molecule has 0 spiro atoms. The zero-order valence-electron chi connectivity index (χ0n) is 9.14. The van der Waals surface area contributed by atoms with Crippen LogP contribution >= 0.6 is 0 Å². The second kappa shape index (κ2) is 5.34. The molecule has 1 aromatic rings. The maximum absolute atomic E-state index is 11.5. The predicted molar refractivity (Wildman–Crippen MR) is 57.5 cm³/mol. The number of aryl methyl sites for hydroxylation is 1. The van der Waals surface area contributed by atoms with Gasteiger partial charge in [0.1, 0.15) is 0 Å². The monoisotopic (exact) mass is 208 g/mol. The molecule has 0 bridgehead atoms. The minimum Gasteiger partial charge on any atom is -0.459 e. The van der Waals surface area contributed by atoms with Crippen molar-refractivity contribution in [2.24, 2.45) is 7.05 Å². The summed E-state index contributed by atoms with van der Waals surface area (Å²) in [6.07, 6.45) is 6.52. The van der Waals surface area contributed by atoms with Crippen molar-refractivity contribution in [1.82, 2.24) is 9.78 Å². The maximum atomic E-state index is 11.5. The van der Waals surface area contributed by atoms with Gasteiger partial charge in [0.2, 0.25) is 0 Å². The Morgan fingerprint density at radius 3 is 3.07 bits per heavy atom. The SMILES string of the molecule is C=CCC[C@@H](C)OC(=O)c1cnn(C)c1. The first-order valence-electron chi connectivity index (χ1n) is 4.94. The van der Waals surface area contributed by atoms with Gasteiger partial charge in [-0.25, -0.2) is 4.79 Å². The van der Waals surface area contributed by atoms with Crippen molar-refractivity contribution in [1.29, 1.82) is 0 Å². The molecule has 0 aromatic carbocycles. The number of allylic oxidation sites excluding steroid dienone is 1. The summed E-state index contributed by atoms with van der Waals surface area (Å²) in [5, 5.41) is 3.91. The van der Waals surface area contributed by atoms with E-state index in [0.29, 0.717) is 5.56 Å². The van der Waals surface area contributed by atoms with Gasteiger partial charge in [-0.15, -0.1) is 6.58 Å². The number of carbonyl (C=O) groups excluding carboxylic acids is 1. The molecule has 0 fully saturated rings. The number of rotatable bonds is 5. The summed E-state index contributed by atoms with van der Waals surface area (Å²) in [6, 6.07) is 0. The van der Waals surface area contributed by atoms with Crippen LogP contribution in [0.3, 0.4) is 0 Å². The van der Waals surface area contributed by atoms with Crippen molar-refractivity contribution < 1.29 is 9.53 Å². The molecule has 0 aliphatic heterocycles. The Hall–Kier alpha value is -1.58. The Balaban J connectivity index is 2.45. The molecule has 0 aliphatic rings. The second-order valence-electron chi connectivity index (χ2n) is 3.48. The van der Waals surface area contributed by atoms with Crippen molar-refractivity contribution in [2.75, 3.05) is 0 Å². The van der Waals surface area contributed by atoms with E-state index in [1.165, 1.54) is 6.20 Å². The molecule has 0 saturated carbocycles. The second-order valence-corrected chi connectivity index (χ2v) is 3.48. The minimum absolute atomic E-state index is 0.0873. The summed E-state index contributed by atoms with van der Waals surface area (Å²) >= 11 is 0. The molecule has 0 radical (unpaired) electrons. The van der Waals surface area contributed by atoms with Gasteiger partial charge in [0.15, 0.2) is 0 Å². The van der Waals surface area contributed by atoms with Crippen LogP contribution in [0, 0.1) is 0 Å². The smallest absolute Gasteiger partial charge is 0.341 e. The highest BCUT2D eigenvalue weighted by atomic mass is 16.5. The van der Waals surface area contributed by atoms with Crippen LogP contribution in [-0.2, 0) is 11.8 Å². The fourth-order valence-electron chi connectivity index (χ4n) is 1.19. The molecule has 82 valence electrons. The highest BCUT2D eigenvalue weighted by Crippen LogP contribution is 2.06. The van der Waals surface area contributed by atoms with E-state index in [9.17, 15) is 4.79 Å². The third-order valence-corrected chi connectivity index (χ3v) is 2.03. The molecule has 0 N–H and O–H groups in total. The molecule has 1 heterocycles. The van der Waals surface area contributed by atoms with Gasteiger partial charge in [-0.05, 0) is 19.8 Å². The summed E-state index contributed by atoms with van der Waals surface area (Å²) in [5.41, 5.74) is 0.489. The number of ether oxygens (including phenoxy) is 1. The first kappa shape index (κ1) is 11.5. The van der Waals surface area contributed by atoms with E-state index in [-0.39, 0.29) is 12.1 Å². The zero-order valence-corrected chi connectivity index (χ0v) is 9.14. The van der Waals surface area contributed by atoms with Crippen molar-refractivity contribution in [3.63, 3.8) is 0 Å². The molecule has 1 rings (SSSR count). The Labute approximate surface area is 89.5 Å². The lowest BCUT2D eigenvalue weighted by Crippen LogP contribution is -2.14. The molecule has 4 nitrogen and oxygen atoms in total. The first-order valence-corrected chi connectivity index (χ1v) is 4.94. The van der Waals surface area contributed by atoms with Crippen LogP contribution in [-0.4, -0.2) is 21.9 Å². The Bertz CT molecular complexity index is 344. The lowest BCUT2D eigenvalue weighted by atomic mass is 10.2.